The van der Waals surface area contributed by atoms with Crippen molar-refractivity contribution in [2.75, 3.05) is 0 Å². The van der Waals surface area contributed by atoms with Gasteiger partial charge in [0.15, 0.2) is 0 Å². The molecule has 0 aromatic heterocycles. The maximum absolute atomic E-state index is 12.0. The third-order valence-electron chi connectivity index (χ3n) is 1.97. The van der Waals surface area contributed by atoms with E-state index < -0.39 is 12.5 Å². The molecule has 0 heterocycles. The molecule has 1 rings (SSSR count). The molecule has 1 aromatic carbocycles. The molecular formula is C12H14F2O. The molecule has 1 aromatic rings. The summed E-state index contributed by atoms with van der Waals surface area (Å²) in [4.78, 5) is 0. The van der Waals surface area contributed by atoms with E-state index in [-0.39, 0.29) is 0 Å². The third kappa shape index (κ3) is 5.96. The number of hydrogen-bond donors (Lipinski definition) is 1. The second-order valence-corrected chi connectivity index (χ2v) is 3.37. The van der Waals surface area contributed by atoms with Crippen molar-refractivity contribution in [3.63, 3.8) is 0 Å². The fraction of sp³-hybridized carbons (Fsp3) is 0.333. The minimum atomic E-state index is -3.58. The highest BCUT2D eigenvalue weighted by molar-refractivity contribution is 5.15. The van der Waals surface area contributed by atoms with E-state index >= 15 is 0 Å². The molecule has 1 N–H and O–H groups in total. The fourth-order valence-corrected chi connectivity index (χ4v) is 1.24. The lowest BCUT2D eigenvalue weighted by Gasteiger charge is -2.03. The van der Waals surface area contributed by atoms with Crippen molar-refractivity contribution in [1.29, 1.82) is 0 Å². The average molecular weight is 212 g/mol. The first kappa shape index (κ1) is 11.9. The maximum atomic E-state index is 12.0. The topological polar surface area (TPSA) is 20.2 Å². The predicted octanol–water partition coefficient (Wildman–Crippen LogP) is 3.15. The van der Waals surface area contributed by atoms with Crippen LogP contribution in [0.5, 0.6) is 0 Å². The van der Waals surface area contributed by atoms with Crippen LogP contribution in [-0.2, 0) is 6.42 Å². The summed E-state index contributed by atoms with van der Waals surface area (Å²) in [6.07, 6.45) is 0.319. The first-order valence-corrected chi connectivity index (χ1v) is 4.87. The van der Waals surface area contributed by atoms with Crippen molar-refractivity contribution in [3.05, 3.63) is 48.0 Å². The molecule has 82 valence electrons. The highest BCUT2D eigenvalue weighted by Gasteiger charge is 2.20. The van der Waals surface area contributed by atoms with Gasteiger partial charge in [-0.3, -0.25) is 0 Å². The van der Waals surface area contributed by atoms with Gasteiger partial charge in [0, 0.05) is 0 Å². The highest BCUT2D eigenvalue weighted by Crippen LogP contribution is 2.14. The normalized spacial score (nSPS) is 12.2. The van der Waals surface area contributed by atoms with Gasteiger partial charge in [-0.15, -0.1) is 0 Å². The Morgan fingerprint density at radius 2 is 1.80 bits per heavy atom. The molecule has 0 bridgehead atoms. The third-order valence-corrected chi connectivity index (χ3v) is 1.97. The Balaban J connectivity index is 2.22. The zero-order valence-electron chi connectivity index (χ0n) is 8.37. The molecule has 15 heavy (non-hydrogen) atoms. The van der Waals surface area contributed by atoms with Crippen LogP contribution in [-0.4, -0.2) is 11.2 Å². The van der Waals surface area contributed by atoms with Gasteiger partial charge in [-0.2, -0.15) is 8.78 Å². The minimum Gasteiger partial charge on any atom is -0.336 e. The lowest BCUT2D eigenvalue weighted by molar-refractivity contribution is -0.194. The van der Waals surface area contributed by atoms with Crippen molar-refractivity contribution in [2.24, 2.45) is 0 Å². The van der Waals surface area contributed by atoms with Crippen LogP contribution in [0.4, 0.5) is 8.78 Å². The Kier molecular flexibility index (Phi) is 4.43. The summed E-state index contributed by atoms with van der Waals surface area (Å²) in [6.45, 7) is 0. The van der Waals surface area contributed by atoms with Gasteiger partial charge in [0.2, 0.25) is 0 Å². The van der Waals surface area contributed by atoms with Gasteiger partial charge >= 0.3 is 6.11 Å². The first-order chi connectivity index (χ1) is 7.08. The second kappa shape index (κ2) is 5.61. The molecule has 1 nitrogen and oxygen atoms in total. The van der Waals surface area contributed by atoms with Crippen molar-refractivity contribution < 1.29 is 13.9 Å². The van der Waals surface area contributed by atoms with E-state index in [9.17, 15) is 8.78 Å². The fourth-order valence-electron chi connectivity index (χ4n) is 1.24. The van der Waals surface area contributed by atoms with Crippen LogP contribution in [0, 0.1) is 0 Å². The molecular weight excluding hydrogens is 198 g/mol. The predicted molar refractivity (Wildman–Crippen MR) is 55.7 cm³/mol. The Bertz CT molecular complexity index is 301. The van der Waals surface area contributed by atoms with Crippen LogP contribution < -0.4 is 0 Å². The van der Waals surface area contributed by atoms with Crippen LogP contribution >= 0.6 is 0 Å². The van der Waals surface area contributed by atoms with E-state index in [0.717, 1.165) is 6.42 Å². The van der Waals surface area contributed by atoms with E-state index in [1.54, 1.807) is 6.08 Å². The van der Waals surface area contributed by atoms with Crippen LogP contribution in [0.3, 0.4) is 0 Å². The van der Waals surface area contributed by atoms with Gasteiger partial charge in [-0.05, 0) is 18.4 Å². The van der Waals surface area contributed by atoms with Crippen LogP contribution in [0.2, 0.25) is 0 Å². The highest BCUT2D eigenvalue weighted by atomic mass is 19.3. The molecule has 0 aliphatic rings. The monoisotopic (exact) mass is 212 g/mol. The molecule has 0 aliphatic heterocycles. The quantitative estimate of drug-likeness (QED) is 0.743. The number of allylic oxidation sites excluding steroid dienone is 1. The summed E-state index contributed by atoms with van der Waals surface area (Å²) in [5.41, 5.74) is 1.18. The van der Waals surface area contributed by atoms with Crippen molar-refractivity contribution in [2.45, 2.75) is 25.4 Å². The Morgan fingerprint density at radius 3 is 2.40 bits per heavy atom. The minimum absolute atomic E-state index is 0.609. The number of aliphatic hydroxyl groups is 1. The first-order valence-electron chi connectivity index (χ1n) is 4.87. The number of hydrogen-bond acceptors (Lipinski definition) is 1. The summed E-state index contributed by atoms with van der Waals surface area (Å²) in [5.74, 6) is 0. The summed E-state index contributed by atoms with van der Waals surface area (Å²) in [6, 6.07) is 9.82. The average Bonchev–Trinajstić information content (AvgIpc) is 2.17. The Labute approximate surface area is 88.1 Å². The maximum Gasteiger partial charge on any atom is 0.356 e. The number of halogens is 2. The van der Waals surface area contributed by atoms with Crippen molar-refractivity contribution in [3.8, 4) is 0 Å². The largest absolute Gasteiger partial charge is 0.356 e. The molecule has 0 amide bonds. The van der Waals surface area contributed by atoms with E-state index in [1.165, 1.54) is 11.6 Å². The molecule has 0 unspecified atom stereocenters. The SMILES string of the molecule is OC(F)(F)C/C=C/CCc1ccccc1. The zero-order valence-corrected chi connectivity index (χ0v) is 8.37. The Morgan fingerprint density at radius 1 is 1.13 bits per heavy atom. The van der Waals surface area contributed by atoms with Crippen molar-refractivity contribution in [1.82, 2.24) is 0 Å². The summed E-state index contributed by atoms with van der Waals surface area (Å²) in [7, 11) is 0. The molecule has 0 fully saturated rings. The molecule has 0 aliphatic carbocycles. The van der Waals surface area contributed by atoms with Gasteiger partial charge in [-0.1, -0.05) is 42.5 Å². The lowest BCUT2D eigenvalue weighted by Crippen LogP contribution is -2.11. The number of alkyl halides is 2. The second-order valence-electron chi connectivity index (χ2n) is 3.37. The van der Waals surface area contributed by atoms with Gasteiger partial charge in [0.25, 0.3) is 0 Å². The summed E-state index contributed by atoms with van der Waals surface area (Å²) >= 11 is 0. The number of benzene rings is 1. The van der Waals surface area contributed by atoms with Crippen LogP contribution in [0.25, 0.3) is 0 Å². The standard InChI is InChI=1S/C12H14F2O/c13-12(14,15)10-6-2-5-9-11-7-3-1-4-8-11/h1-4,6-8,15H,5,9-10H2/b6-2+. The van der Waals surface area contributed by atoms with Crippen LogP contribution in [0.1, 0.15) is 18.4 Å². The van der Waals surface area contributed by atoms with Crippen LogP contribution in [0.15, 0.2) is 42.5 Å². The molecule has 0 spiro atoms. The van der Waals surface area contributed by atoms with E-state index in [1.807, 2.05) is 30.3 Å². The smallest absolute Gasteiger partial charge is 0.336 e. The van der Waals surface area contributed by atoms with E-state index in [0.29, 0.717) is 6.42 Å². The number of aryl methyl sites for hydroxylation is 1. The van der Waals surface area contributed by atoms with Gasteiger partial charge in [0.1, 0.15) is 0 Å². The number of rotatable bonds is 5. The summed E-state index contributed by atoms with van der Waals surface area (Å²) < 4.78 is 24.0. The molecule has 3 heteroatoms. The van der Waals surface area contributed by atoms with Gasteiger partial charge in [0.05, 0.1) is 6.42 Å². The van der Waals surface area contributed by atoms with E-state index in [4.69, 9.17) is 5.11 Å². The van der Waals surface area contributed by atoms with E-state index in [2.05, 4.69) is 0 Å². The summed E-state index contributed by atoms with van der Waals surface area (Å²) in [5, 5.41) is 8.15. The molecule has 0 radical (unpaired) electrons. The van der Waals surface area contributed by atoms with Crippen molar-refractivity contribution >= 4 is 0 Å². The zero-order chi connectivity index (χ0) is 11.1. The Hall–Kier alpha value is -1.22. The van der Waals surface area contributed by atoms with Gasteiger partial charge < -0.3 is 5.11 Å². The molecule has 0 saturated carbocycles. The molecule has 0 atom stereocenters. The molecule has 0 saturated heterocycles. The lowest BCUT2D eigenvalue weighted by atomic mass is 10.1. The van der Waals surface area contributed by atoms with Gasteiger partial charge in [-0.25, -0.2) is 0 Å².